The summed E-state index contributed by atoms with van der Waals surface area (Å²) in [5, 5.41) is 0. The number of methoxy groups -OCH3 is 1. The first-order valence-corrected chi connectivity index (χ1v) is 6.27. The zero-order valence-corrected chi connectivity index (χ0v) is 10.8. The maximum atomic E-state index is 5.75. The van der Waals surface area contributed by atoms with Crippen molar-refractivity contribution in [1.29, 1.82) is 0 Å². The lowest BCUT2D eigenvalue weighted by Gasteiger charge is -2.15. The summed E-state index contributed by atoms with van der Waals surface area (Å²) >= 11 is 0. The molecule has 1 aliphatic heterocycles. The minimum absolute atomic E-state index is 0.0273. The highest BCUT2D eigenvalue weighted by Crippen LogP contribution is 2.31. The van der Waals surface area contributed by atoms with Gasteiger partial charge >= 0.3 is 0 Å². The summed E-state index contributed by atoms with van der Waals surface area (Å²) < 4.78 is 16.2. The predicted octanol–water partition coefficient (Wildman–Crippen LogP) is 2.52. The van der Waals surface area contributed by atoms with Crippen LogP contribution in [0, 0.1) is 0 Å². The summed E-state index contributed by atoms with van der Waals surface area (Å²) in [5.41, 5.74) is 2.44. The molecule has 3 nitrogen and oxygen atoms in total. The topological polar surface area (TPSA) is 31.0 Å². The lowest BCUT2D eigenvalue weighted by molar-refractivity contribution is 0.0510. The maximum absolute atomic E-state index is 5.75. The quantitative estimate of drug-likeness (QED) is 0.523. The second-order valence-electron chi connectivity index (χ2n) is 4.40. The summed E-state index contributed by atoms with van der Waals surface area (Å²) in [6.07, 6.45) is 2.94. The average Bonchev–Trinajstić information content (AvgIpc) is 3.23. The van der Waals surface area contributed by atoms with Gasteiger partial charge < -0.3 is 14.2 Å². The van der Waals surface area contributed by atoms with Crippen molar-refractivity contribution in [2.75, 3.05) is 26.9 Å². The highest BCUT2D eigenvalue weighted by molar-refractivity contribution is 5.26. The monoisotopic (exact) mass is 248 g/mol. The van der Waals surface area contributed by atoms with Crippen LogP contribution >= 0.6 is 0 Å². The van der Waals surface area contributed by atoms with Gasteiger partial charge in [-0.1, -0.05) is 30.3 Å². The molecule has 0 aromatic heterocycles. The Balaban J connectivity index is 1.98. The van der Waals surface area contributed by atoms with Gasteiger partial charge in [0, 0.05) is 7.11 Å². The van der Waals surface area contributed by atoms with Gasteiger partial charge in [0.25, 0.3) is 0 Å². The SMILES string of the molecule is C=CCOC(c1ccc(CCOC)cc1)C1CO1. The molecule has 3 heteroatoms. The van der Waals surface area contributed by atoms with Crippen LogP contribution in [-0.2, 0) is 20.6 Å². The fraction of sp³-hybridized carbons (Fsp3) is 0.467. The molecule has 1 aromatic carbocycles. The predicted molar refractivity (Wildman–Crippen MR) is 70.7 cm³/mol. The summed E-state index contributed by atoms with van der Waals surface area (Å²) in [6, 6.07) is 8.48. The van der Waals surface area contributed by atoms with E-state index in [9.17, 15) is 0 Å². The summed E-state index contributed by atoms with van der Waals surface area (Å²) in [4.78, 5) is 0. The van der Waals surface area contributed by atoms with E-state index < -0.39 is 0 Å². The molecule has 0 saturated carbocycles. The average molecular weight is 248 g/mol. The lowest BCUT2D eigenvalue weighted by atomic mass is 10.0. The highest BCUT2D eigenvalue weighted by atomic mass is 16.6. The van der Waals surface area contributed by atoms with Gasteiger partial charge in [-0.25, -0.2) is 0 Å². The molecule has 0 bridgehead atoms. The smallest absolute Gasteiger partial charge is 0.111 e. The van der Waals surface area contributed by atoms with Crippen molar-refractivity contribution < 1.29 is 14.2 Å². The van der Waals surface area contributed by atoms with Gasteiger partial charge in [0.1, 0.15) is 12.2 Å². The first-order valence-electron chi connectivity index (χ1n) is 6.27. The standard InChI is InChI=1S/C15H20O3/c1-3-9-17-15(14-11-18-14)13-6-4-12(5-7-13)8-10-16-2/h3-7,14-15H,1,8-11H2,2H3. The van der Waals surface area contributed by atoms with Gasteiger partial charge in [0.15, 0.2) is 0 Å². The zero-order chi connectivity index (χ0) is 12.8. The minimum atomic E-state index is 0.0273. The van der Waals surface area contributed by atoms with E-state index in [2.05, 4.69) is 30.8 Å². The second-order valence-corrected chi connectivity index (χ2v) is 4.40. The van der Waals surface area contributed by atoms with Crippen LogP contribution < -0.4 is 0 Å². The Hall–Kier alpha value is -1.16. The number of hydrogen-bond donors (Lipinski definition) is 0. The number of ether oxygens (including phenoxy) is 3. The first kappa shape index (κ1) is 13.3. The zero-order valence-electron chi connectivity index (χ0n) is 10.8. The van der Waals surface area contributed by atoms with E-state index in [1.54, 1.807) is 13.2 Å². The molecule has 0 aliphatic carbocycles. The summed E-state index contributed by atoms with van der Waals surface area (Å²) in [6.45, 7) is 5.76. The molecule has 0 N–H and O–H groups in total. The lowest BCUT2D eigenvalue weighted by Crippen LogP contribution is -2.11. The number of benzene rings is 1. The molecule has 1 saturated heterocycles. The molecule has 2 unspecified atom stereocenters. The Bertz CT molecular complexity index is 368. The van der Waals surface area contributed by atoms with E-state index in [1.807, 2.05) is 0 Å². The molecule has 18 heavy (non-hydrogen) atoms. The molecule has 0 spiro atoms. The molecule has 98 valence electrons. The molecule has 1 aliphatic rings. The van der Waals surface area contributed by atoms with Crippen LogP contribution in [0.1, 0.15) is 17.2 Å². The molecule has 1 aromatic rings. The van der Waals surface area contributed by atoms with Crippen molar-refractivity contribution in [3.8, 4) is 0 Å². The third kappa shape index (κ3) is 3.67. The Kier molecular flexibility index (Phi) is 4.93. The molecule has 0 amide bonds. The fourth-order valence-corrected chi connectivity index (χ4v) is 1.91. The van der Waals surface area contributed by atoms with E-state index in [1.165, 1.54) is 11.1 Å². The van der Waals surface area contributed by atoms with Crippen LogP contribution in [-0.4, -0.2) is 33.0 Å². The molecular formula is C15H20O3. The van der Waals surface area contributed by atoms with E-state index in [0.29, 0.717) is 6.61 Å². The van der Waals surface area contributed by atoms with Crippen molar-refractivity contribution in [2.45, 2.75) is 18.6 Å². The molecule has 2 rings (SSSR count). The van der Waals surface area contributed by atoms with Crippen molar-refractivity contribution >= 4 is 0 Å². The maximum Gasteiger partial charge on any atom is 0.111 e. The van der Waals surface area contributed by atoms with Crippen molar-refractivity contribution in [3.05, 3.63) is 48.0 Å². The molecular weight excluding hydrogens is 228 g/mol. The van der Waals surface area contributed by atoms with Crippen molar-refractivity contribution in [2.24, 2.45) is 0 Å². The minimum Gasteiger partial charge on any atom is -0.384 e. The van der Waals surface area contributed by atoms with Crippen LogP contribution in [0.2, 0.25) is 0 Å². The first-order chi connectivity index (χ1) is 8.85. The van der Waals surface area contributed by atoms with Crippen LogP contribution in [0.15, 0.2) is 36.9 Å². The van der Waals surface area contributed by atoms with Gasteiger partial charge in [-0.3, -0.25) is 0 Å². The van der Waals surface area contributed by atoms with E-state index in [-0.39, 0.29) is 12.2 Å². The molecule has 1 fully saturated rings. The fourth-order valence-electron chi connectivity index (χ4n) is 1.91. The van der Waals surface area contributed by atoms with Gasteiger partial charge in [0.2, 0.25) is 0 Å². The third-order valence-corrected chi connectivity index (χ3v) is 2.99. The van der Waals surface area contributed by atoms with Gasteiger partial charge in [-0.2, -0.15) is 0 Å². The third-order valence-electron chi connectivity index (χ3n) is 2.99. The van der Waals surface area contributed by atoms with E-state index in [4.69, 9.17) is 14.2 Å². The van der Waals surface area contributed by atoms with E-state index >= 15 is 0 Å². The second kappa shape index (κ2) is 6.69. The van der Waals surface area contributed by atoms with Crippen LogP contribution in [0.3, 0.4) is 0 Å². The number of epoxide rings is 1. The highest BCUT2D eigenvalue weighted by Gasteiger charge is 2.34. The molecule has 2 atom stereocenters. The largest absolute Gasteiger partial charge is 0.384 e. The molecule has 1 heterocycles. The van der Waals surface area contributed by atoms with Crippen molar-refractivity contribution in [1.82, 2.24) is 0 Å². The Morgan fingerprint density at radius 2 is 2.17 bits per heavy atom. The van der Waals surface area contributed by atoms with Crippen LogP contribution in [0.4, 0.5) is 0 Å². The van der Waals surface area contributed by atoms with Crippen LogP contribution in [0.25, 0.3) is 0 Å². The Labute approximate surface area is 108 Å². The molecule has 0 radical (unpaired) electrons. The number of hydrogen-bond acceptors (Lipinski definition) is 3. The van der Waals surface area contributed by atoms with Gasteiger partial charge in [-0.15, -0.1) is 6.58 Å². The Morgan fingerprint density at radius 1 is 1.44 bits per heavy atom. The van der Waals surface area contributed by atoms with Crippen molar-refractivity contribution in [3.63, 3.8) is 0 Å². The van der Waals surface area contributed by atoms with Crippen LogP contribution in [0.5, 0.6) is 0 Å². The normalized spacial score (nSPS) is 19.5. The van der Waals surface area contributed by atoms with Gasteiger partial charge in [0.05, 0.1) is 19.8 Å². The summed E-state index contributed by atoms with van der Waals surface area (Å²) in [7, 11) is 1.72. The summed E-state index contributed by atoms with van der Waals surface area (Å²) in [5.74, 6) is 0. The Morgan fingerprint density at radius 3 is 2.72 bits per heavy atom. The number of rotatable bonds is 8. The van der Waals surface area contributed by atoms with Gasteiger partial charge in [-0.05, 0) is 17.5 Å². The van der Waals surface area contributed by atoms with E-state index in [0.717, 1.165) is 19.6 Å².